The third-order valence-electron chi connectivity index (χ3n) is 4.68. The maximum atomic E-state index is 4.54. The number of aromatic amines is 1. The number of benzene rings is 1. The minimum Gasteiger partial charge on any atom is -0.295 e. The Morgan fingerprint density at radius 3 is 2.44 bits per heavy atom. The van der Waals surface area contributed by atoms with Crippen molar-refractivity contribution in [2.75, 3.05) is 7.05 Å². The van der Waals surface area contributed by atoms with Crippen LogP contribution in [0.2, 0.25) is 0 Å². The third-order valence-corrected chi connectivity index (χ3v) is 4.68. The first-order chi connectivity index (χ1) is 12.0. The van der Waals surface area contributed by atoms with E-state index in [0.717, 1.165) is 34.9 Å². The Balaban J connectivity index is 1.73. The summed E-state index contributed by atoms with van der Waals surface area (Å²) in [6.07, 6.45) is 3.84. The molecule has 1 aromatic carbocycles. The van der Waals surface area contributed by atoms with Crippen molar-refractivity contribution in [3.8, 4) is 11.4 Å². The molecule has 3 rings (SSSR count). The van der Waals surface area contributed by atoms with Crippen LogP contribution in [0.15, 0.2) is 36.7 Å². The molecule has 1 atom stereocenters. The average molecular weight is 335 g/mol. The summed E-state index contributed by atoms with van der Waals surface area (Å²) in [7, 11) is 2.12. The monoisotopic (exact) mass is 335 g/mol. The molecule has 0 aliphatic carbocycles. The summed E-state index contributed by atoms with van der Waals surface area (Å²) in [6, 6.07) is 8.53. The van der Waals surface area contributed by atoms with Gasteiger partial charge in [0.1, 0.15) is 0 Å². The number of nitrogens with one attached hydrogen (secondary N) is 1. The molecule has 3 aromatic rings. The minimum atomic E-state index is 0.273. The number of aromatic nitrogens is 4. The molecule has 5 heteroatoms. The van der Waals surface area contributed by atoms with Gasteiger partial charge < -0.3 is 0 Å². The zero-order valence-electron chi connectivity index (χ0n) is 15.5. The molecule has 25 heavy (non-hydrogen) atoms. The molecule has 1 N–H and O–H groups in total. The fourth-order valence-electron chi connectivity index (χ4n) is 3.19. The zero-order valence-corrected chi connectivity index (χ0v) is 15.5. The standard InChI is InChI=1S/C20H25N5/c1-13-7-6-8-18(9-13)20-21-10-17(11-22-20)12-25(5)16(4)19-14(2)23-24-15(19)3/h6-11,16H,12H2,1-5H3,(H,23,24). The molecule has 0 spiro atoms. The first-order valence-corrected chi connectivity index (χ1v) is 8.55. The Morgan fingerprint density at radius 1 is 1.12 bits per heavy atom. The van der Waals surface area contributed by atoms with Gasteiger partial charge in [-0.3, -0.25) is 10.00 Å². The van der Waals surface area contributed by atoms with Gasteiger partial charge in [-0.25, -0.2) is 9.97 Å². The first kappa shape index (κ1) is 17.3. The zero-order chi connectivity index (χ0) is 18.0. The number of H-pyrrole nitrogens is 1. The van der Waals surface area contributed by atoms with Crippen molar-refractivity contribution >= 4 is 0 Å². The van der Waals surface area contributed by atoms with Crippen LogP contribution in [-0.4, -0.2) is 32.1 Å². The minimum absolute atomic E-state index is 0.273. The van der Waals surface area contributed by atoms with E-state index in [1.165, 1.54) is 11.1 Å². The van der Waals surface area contributed by atoms with E-state index in [0.29, 0.717) is 0 Å². The van der Waals surface area contributed by atoms with Crippen LogP contribution in [0, 0.1) is 20.8 Å². The molecule has 0 bridgehead atoms. The van der Waals surface area contributed by atoms with Crippen molar-refractivity contribution in [3.05, 3.63) is 64.7 Å². The van der Waals surface area contributed by atoms with Crippen LogP contribution in [0.1, 0.15) is 41.0 Å². The van der Waals surface area contributed by atoms with Crippen LogP contribution in [0.4, 0.5) is 0 Å². The smallest absolute Gasteiger partial charge is 0.159 e. The molecule has 2 heterocycles. The number of rotatable bonds is 5. The molecule has 0 saturated heterocycles. The highest BCUT2D eigenvalue weighted by atomic mass is 15.2. The Morgan fingerprint density at radius 2 is 1.84 bits per heavy atom. The van der Waals surface area contributed by atoms with Gasteiger partial charge in [-0.15, -0.1) is 0 Å². The quantitative estimate of drug-likeness (QED) is 0.766. The Labute approximate surface area is 149 Å². The SMILES string of the molecule is Cc1cccc(-c2ncc(CN(C)C(C)c3c(C)n[nH]c3C)cn2)c1. The normalized spacial score (nSPS) is 12.6. The van der Waals surface area contributed by atoms with Gasteiger partial charge in [0.25, 0.3) is 0 Å². The number of nitrogens with zero attached hydrogens (tertiary/aromatic N) is 4. The van der Waals surface area contributed by atoms with Gasteiger partial charge in [-0.2, -0.15) is 5.10 Å². The Kier molecular flexibility index (Phi) is 4.95. The molecule has 130 valence electrons. The van der Waals surface area contributed by atoms with E-state index >= 15 is 0 Å². The second-order valence-electron chi connectivity index (χ2n) is 6.72. The predicted molar refractivity (Wildman–Crippen MR) is 100 cm³/mol. The summed E-state index contributed by atoms with van der Waals surface area (Å²) in [5.74, 6) is 0.768. The number of hydrogen-bond acceptors (Lipinski definition) is 4. The number of hydrogen-bond donors (Lipinski definition) is 1. The van der Waals surface area contributed by atoms with Gasteiger partial charge >= 0.3 is 0 Å². The molecular formula is C20H25N5. The van der Waals surface area contributed by atoms with Crippen molar-refractivity contribution in [2.24, 2.45) is 0 Å². The van der Waals surface area contributed by atoms with E-state index in [1.54, 1.807) is 0 Å². The lowest BCUT2D eigenvalue weighted by molar-refractivity contribution is 0.251. The topological polar surface area (TPSA) is 57.7 Å². The Hall–Kier alpha value is -2.53. The molecule has 5 nitrogen and oxygen atoms in total. The molecule has 0 aliphatic rings. The van der Waals surface area contributed by atoms with Crippen LogP contribution in [0.3, 0.4) is 0 Å². The second-order valence-corrected chi connectivity index (χ2v) is 6.72. The van der Waals surface area contributed by atoms with Crippen molar-refractivity contribution in [1.29, 1.82) is 0 Å². The molecule has 0 aliphatic heterocycles. The van der Waals surface area contributed by atoms with Crippen molar-refractivity contribution < 1.29 is 0 Å². The summed E-state index contributed by atoms with van der Waals surface area (Å²) in [4.78, 5) is 11.4. The molecule has 0 fully saturated rings. The van der Waals surface area contributed by atoms with Crippen molar-refractivity contribution in [2.45, 2.75) is 40.3 Å². The van der Waals surface area contributed by atoms with E-state index in [9.17, 15) is 0 Å². The van der Waals surface area contributed by atoms with Crippen molar-refractivity contribution in [3.63, 3.8) is 0 Å². The third kappa shape index (κ3) is 3.77. The maximum absolute atomic E-state index is 4.54. The van der Waals surface area contributed by atoms with Gasteiger partial charge in [0, 0.05) is 47.4 Å². The average Bonchev–Trinajstić information content (AvgIpc) is 2.93. The fourth-order valence-corrected chi connectivity index (χ4v) is 3.19. The van der Waals surface area contributed by atoms with Crippen LogP contribution in [0.25, 0.3) is 11.4 Å². The highest BCUT2D eigenvalue weighted by Crippen LogP contribution is 2.25. The van der Waals surface area contributed by atoms with Crippen LogP contribution < -0.4 is 0 Å². The van der Waals surface area contributed by atoms with Gasteiger partial charge in [-0.1, -0.05) is 23.8 Å². The van der Waals surface area contributed by atoms with Gasteiger partial charge in [0.15, 0.2) is 5.82 Å². The molecular weight excluding hydrogens is 310 g/mol. The maximum Gasteiger partial charge on any atom is 0.159 e. The summed E-state index contributed by atoms with van der Waals surface area (Å²) in [5.41, 5.74) is 6.82. The lowest BCUT2D eigenvalue weighted by Crippen LogP contribution is -2.23. The summed E-state index contributed by atoms with van der Waals surface area (Å²) in [6.45, 7) is 9.18. The van der Waals surface area contributed by atoms with Gasteiger partial charge in [0.05, 0.1) is 5.69 Å². The van der Waals surface area contributed by atoms with Crippen LogP contribution in [0.5, 0.6) is 0 Å². The lowest BCUT2D eigenvalue weighted by Gasteiger charge is -2.25. The van der Waals surface area contributed by atoms with E-state index in [1.807, 2.05) is 31.5 Å². The highest BCUT2D eigenvalue weighted by Gasteiger charge is 2.18. The van der Waals surface area contributed by atoms with E-state index in [-0.39, 0.29) is 6.04 Å². The largest absolute Gasteiger partial charge is 0.295 e. The lowest BCUT2D eigenvalue weighted by atomic mass is 10.1. The van der Waals surface area contributed by atoms with Crippen molar-refractivity contribution in [1.82, 2.24) is 25.1 Å². The van der Waals surface area contributed by atoms with Crippen LogP contribution in [-0.2, 0) is 6.54 Å². The van der Waals surface area contributed by atoms with E-state index in [4.69, 9.17) is 0 Å². The van der Waals surface area contributed by atoms with Crippen LogP contribution >= 0.6 is 0 Å². The first-order valence-electron chi connectivity index (χ1n) is 8.55. The van der Waals surface area contributed by atoms with E-state index < -0.39 is 0 Å². The van der Waals surface area contributed by atoms with Gasteiger partial charge in [0.2, 0.25) is 0 Å². The summed E-state index contributed by atoms with van der Waals surface area (Å²) < 4.78 is 0. The molecule has 0 saturated carbocycles. The molecule has 2 aromatic heterocycles. The molecule has 1 unspecified atom stereocenters. The highest BCUT2D eigenvalue weighted by molar-refractivity contribution is 5.55. The number of aryl methyl sites for hydroxylation is 3. The van der Waals surface area contributed by atoms with E-state index in [2.05, 4.69) is 65.0 Å². The fraction of sp³-hybridized carbons (Fsp3) is 0.350. The predicted octanol–water partition coefficient (Wildman–Crippen LogP) is 3.98. The molecule has 0 radical (unpaired) electrons. The second kappa shape index (κ2) is 7.15. The summed E-state index contributed by atoms with van der Waals surface area (Å²) >= 11 is 0. The molecule has 0 amide bonds. The van der Waals surface area contributed by atoms with Gasteiger partial charge in [-0.05, 0) is 40.8 Å². The summed E-state index contributed by atoms with van der Waals surface area (Å²) in [5, 5.41) is 7.37. The Bertz CT molecular complexity index is 831.